The number of rotatable bonds is 9. The van der Waals surface area contributed by atoms with Crippen LogP contribution in [0.2, 0.25) is 0 Å². The Balaban J connectivity index is 0.000000183. The second-order valence-electron chi connectivity index (χ2n) is 17.4. The molecule has 0 saturated carbocycles. The Kier molecular flexibility index (Phi) is 21.7. The van der Waals surface area contributed by atoms with E-state index >= 15 is 0 Å². The number of aliphatic carboxylic acids is 1. The number of hydrogen-bond acceptors (Lipinski definition) is 12. The van der Waals surface area contributed by atoms with Crippen LogP contribution in [0.1, 0.15) is 112 Å². The monoisotopic (exact) mass is 1060 g/mol. The first-order chi connectivity index (χ1) is 37.8. The number of ketones is 3. The van der Waals surface area contributed by atoms with Crippen molar-refractivity contribution in [1.82, 2.24) is 0 Å². The van der Waals surface area contributed by atoms with E-state index in [4.69, 9.17) is 37.3 Å². The van der Waals surface area contributed by atoms with E-state index in [1.807, 2.05) is 78.9 Å². The van der Waals surface area contributed by atoms with Crippen molar-refractivity contribution in [2.45, 2.75) is 40.5 Å². The molecule has 0 radical (unpaired) electrons. The quantitative estimate of drug-likeness (QED) is 0.0523. The van der Waals surface area contributed by atoms with Crippen LogP contribution >= 0.6 is 0 Å². The Morgan fingerprint density at radius 3 is 1.18 bits per heavy atom. The summed E-state index contributed by atoms with van der Waals surface area (Å²) in [7, 11) is 0. The van der Waals surface area contributed by atoms with Crippen LogP contribution in [0.5, 0.6) is 0 Å². The molecule has 8 aromatic rings. The second-order valence-corrected chi connectivity index (χ2v) is 17.4. The van der Waals surface area contributed by atoms with E-state index in [1.165, 1.54) is 13.8 Å². The first kappa shape index (κ1) is 59.3. The molecule has 0 aromatic heterocycles. The second kappa shape index (κ2) is 28.9. The summed E-state index contributed by atoms with van der Waals surface area (Å²) in [5.74, 6) is -2.99. The number of Topliss-reactive ketones (excluding diaryl/α,β-unsaturated/α-hetero) is 3. The molecule has 0 bridgehead atoms. The van der Waals surface area contributed by atoms with E-state index in [9.17, 15) is 28.8 Å². The van der Waals surface area contributed by atoms with E-state index in [0.717, 1.165) is 64.0 Å². The normalized spacial score (nSPS) is 11.0. The van der Waals surface area contributed by atoms with Crippen LogP contribution in [-0.4, -0.2) is 67.9 Å². The molecule has 10 rings (SSSR count). The van der Waals surface area contributed by atoms with Gasteiger partial charge in [-0.2, -0.15) is 0 Å². The van der Waals surface area contributed by atoms with Gasteiger partial charge in [0, 0.05) is 42.0 Å². The van der Waals surface area contributed by atoms with Crippen molar-refractivity contribution < 1.29 is 48.9 Å². The summed E-state index contributed by atoms with van der Waals surface area (Å²) in [6.45, 7) is 5.59. The number of carbonyl (C=O) groups is 7. The first-order valence-corrected chi connectivity index (χ1v) is 24.4. The van der Waals surface area contributed by atoms with Crippen LogP contribution in [0.4, 0.5) is 34.1 Å². The average molecular weight is 1060 g/mol. The number of fused-ring (bicyclic) bond motifs is 2. The molecular formula is C63H58N6O10. The van der Waals surface area contributed by atoms with Crippen molar-refractivity contribution in [3.05, 3.63) is 250 Å². The molecule has 0 unspecified atom stereocenters. The smallest absolute Gasteiger partial charge is 0.336 e. The summed E-state index contributed by atoms with van der Waals surface area (Å²) in [6.07, 6.45) is 1.33. The number of aliphatic imine (C=N–C) groups is 2. The standard InChI is InChI=1S/C16H13NO.C15H14N2O2.C15H11NO2.C8H10N2O.C7H6O2.C2H4O2/c1-11(18)13-8-5-9-15-14(13)10-16(17-15)12-6-3-2-4-7-12;1-10(18)12-8-5-9-13(16)14(12)17-15(19)11-6-3-2-4-7-11;17-15(18)11-7-4-8-13-12(11)9-14(16-13)10-5-2-1-3-6-10;1-5(11)6-3-2-4-7(9)8(6)10;8-7(9)6-4-2-1-3-5-6;1-2(3)4/h2-9H,10H2,1H3;2-9H,16H2,1H3,(H,17,19);1-8H,9H2,(H,17,18);2-4H,9-10H2,1H3;1-5H,(H,8,9);1H3,(H,3,4). The number of carboxylic acids is 3. The van der Waals surface area contributed by atoms with Gasteiger partial charge in [0.25, 0.3) is 11.9 Å². The zero-order chi connectivity index (χ0) is 57.6. The van der Waals surface area contributed by atoms with E-state index < -0.39 is 17.9 Å². The Morgan fingerprint density at radius 2 is 0.772 bits per heavy atom. The Labute approximate surface area is 456 Å². The van der Waals surface area contributed by atoms with Gasteiger partial charge in [-0.3, -0.25) is 34.0 Å². The van der Waals surface area contributed by atoms with E-state index in [0.29, 0.717) is 57.0 Å². The third kappa shape index (κ3) is 17.2. The van der Waals surface area contributed by atoms with Gasteiger partial charge in [-0.15, -0.1) is 0 Å². The fourth-order valence-corrected chi connectivity index (χ4v) is 7.81. The third-order valence-electron chi connectivity index (χ3n) is 11.6. The van der Waals surface area contributed by atoms with E-state index in [2.05, 4.69) is 27.4 Å². The highest BCUT2D eigenvalue weighted by molar-refractivity contribution is 6.12. The molecule has 400 valence electrons. The molecule has 79 heavy (non-hydrogen) atoms. The predicted octanol–water partition coefficient (Wildman–Crippen LogP) is 11.9. The van der Waals surface area contributed by atoms with Crippen LogP contribution < -0.4 is 22.5 Å². The molecule has 2 heterocycles. The van der Waals surface area contributed by atoms with Gasteiger partial charge in [-0.05, 0) is 110 Å². The lowest BCUT2D eigenvalue weighted by atomic mass is 9.98. The van der Waals surface area contributed by atoms with Crippen LogP contribution in [0, 0.1) is 0 Å². The topological polar surface area (TPSA) is 295 Å². The summed E-state index contributed by atoms with van der Waals surface area (Å²) in [6, 6.07) is 58.0. The van der Waals surface area contributed by atoms with Gasteiger partial charge in [0.1, 0.15) is 0 Å². The molecule has 0 fully saturated rings. The molecule has 16 heteroatoms. The van der Waals surface area contributed by atoms with Crippen LogP contribution in [0.25, 0.3) is 0 Å². The Bertz CT molecular complexity index is 3430. The van der Waals surface area contributed by atoms with Crippen molar-refractivity contribution in [2.75, 3.05) is 22.5 Å². The first-order valence-electron chi connectivity index (χ1n) is 24.4. The van der Waals surface area contributed by atoms with Crippen LogP contribution in [-0.2, 0) is 17.6 Å². The number of nitrogens with one attached hydrogen (secondary N) is 1. The maximum absolute atomic E-state index is 12.1. The molecule has 0 saturated heterocycles. The Hall–Kier alpha value is -10.6. The number of hydrogen-bond donors (Lipinski definition) is 7. The molecule has 0 aliphatic carbocycles. The lowest BCUT2D eigenvalue weighted by Gasteiger charge is -2.11. The van der Waals surface area contributed by atoms with E-state index in [1.54, 1.807) is 110 Å². The minimum absolute atomic E-state index is 0.0604. The fraction of sp³-hybridized carbons (Fsp3) is 0.0952. The highest BCUT2D eigenvalue weighted by atomic mass is 16.4. The molecule has 8 aromatic carbocycles. The molecule has 10 N–H and O–H groups in total. The number of carbonyl (C=O) groups excluding carboxylic acids is 4. The number of carboxylic acid groups (broad SMARTS) is 3. The summed E-state index contributed by atoms with van der Waals surface area (Å²) in [5, 5.41) is 27.6. The van der Waals surface area contributed by atoms with Crippen molar-refractivity contribution in [3.63, 3.8) is 0 Å². The molecule has 2 aliphatic heterocycles. The van der Waals surface area contributed by atoms with Gasteiger partial charge in [0.15, 0.2) is 17.3 Å². The van der Waals surface area contributed by atoms with Gasteiger partial charge in [-0.25, -0.2) is 9.59 Å². The van der Waals surface area contributed by atoms with Gasteiger partial charge >= 0.3 is 11.9 Å². The number of nitrogen functional groups attached to an aromatic ring is 3. The fourth-order valence-electron chi connectivity index (χ4n) is 7.81. The number of aromatic carboxylic acids is 2. The van der Waals surface area contributed by atoms with Gasteiger partial charge < -0.3 is 37.8 Å². The molecule has 2 aliphatic rings. The molecular weight excluding hydrogens is 1000 g/mol. The van der Waals surface area contributed by atoms with Crippen molar-refractivity contribution >= 4 is 86.7 Å². The highest BCUT2D eigenvalue weighted by Crippen LogP contribution is 2.33. The zero-order valence-electron chi connectivity index (χ0n) is 43.7. The van der Waals surface area contributed by atoms with Gasteiger partial charge in [0.2, 0.25) is 0 Å². The summed E-state index contributed by atoms with van der Waals surface area (Å²) in [4.78, 5) is 85.6. The summed E-state index contributed by atoms with van der Waals surface area (Å²) < 4.78 is 0. The van der Waals surface area contributed by atoms with Gasteiger partial charge in [0.05, 0.1) is 56.7 Å². The molecule has 16 nitrogen and oxygen atoms in total. The Morgan fingerprint density at radius 1 is 0.405 bits per heavy atom. The summed E-state index contributed by atoms with van der Waals surface area (Å²) >= 11 is 0. The zero-order valence-corrected chi connectivity index (χ0v) is 43.7. The molecule has 1 amide bonds. The SMILES string of the molecule is CC(=O)O.CC(=O)c1cccc(N)c1N.CC(=O)c1cccc(N)c1NC(=O)c1ccccc1.CC(=O)c1cccc2c1CC(c1ccccc1)=N2.O=C(O)c1cccc2c1CC(c1ccccc1)=N2.O=C(O)c1ccccc1. The predicted molar refractivity (Wildman–Crippen MR) is 310 cm³/mol. The molecule has 0 spiro atoms. The van der Waals surface area contributed by atoms with Crippen LogP contribution in [0.15, 0.2) is 204 Å². The summed E-state index contributed by atoms with van der Waals surface area (Å²) in [5.41, 5.74) is 29.0. The number of para-hydroxylation sites is 2. The van der Waals surface area contributed by atoms with Crippen molar-refractivity contribution in [1.29, 1.82) is 0 Å². The minimum atomic E-state index is -0.892. The number of benzene rings is 8. The third-order valence-corrected chi connectivity index (χ3v) is 11.6. The lowest BCUT2D eigenvalue weighted by Crippen LogP contribution is -2.15. The maximum atomic E-state index is 12.1. The minimum Gasteiger partial charge on any atom is -0.481 e. The lowest BCUT2D eigenvalue weighted by molar-refractivity contribution is -0.134. The number of nitrogens with two attached hydrogens (primary N) is 3. The average Bonchev–Trinajstić information content (AvgIpc) is 4.13. The number of nitrogens with zero attached hydrogens (tertiary/aromatic N) is 2. The van der Waals surface area contributed by atoms with Crippen LogP contribution in [0.3, 0.4) is 0 Å². The largest absolute Gasteiger partial charge is 0.481 e. The number of anilines is 4. The van der Waals surface area contributed by atoms with Crippen molar-refractivity contribution in [2.24, 2.45) is 9.98 Å². The maximum Gasteiger partial charge on any atom is 0.336 e. The molecule has 0 atom stereocenters. The number of amides is 1. The highest BCUT2D eigenvalue weighted by Gasteiger charge is 2.23. The van der Waals surface area contributed by atoms with Gasteiger partial charge in [-0.1, -0.05) is 127 Å². The van der Waals surface area contributed by atoms with Crippen molar-refractivity contribution in [3.8, 4) is 0 Å². The van der Waals surface area contributed by atoms with E-state index in [-0.39, 0.29) is 23.3 Å².